The second-order valence-electron chi connectivity index (χ2n) is 6.38. The van der Waals surface area contributed by atoms with E-state index in [4.69, 9.17) is 16.4 Å². The standard InChI is InChI=1S/C18H14ClN3O5/c1-20-17(23)14-15(10-2-6-13(7-3-10)22(25)26)21(27-16(14)18(20)24)12-8-4-11(19)5-9-12/h2-9,14-16H,1H3. The average Bonchev–Trinajstić information content (AvgIpc) is 3.15. The van der Waals surface area contributed by atoms with E-state index < -0.39 is 28.9 Å². The number of nitro groups is 1. The van der Waals surface area contributed by atoms with Crippen LogP contribution >= 0.6 is 11.6 Å². The van der Waals surface area contributed by atoms with Crippen LogP contribution in [0.5, 0.6) is 0 Å². The lowest BCUT2D eigenvalue weighted by atomic mass is 9.90. The Morgan fingerprint density at radius 1 is 1.04 bits per heavy atom. The van der Waals surface area contributed by atoms with Gasteiger partial charge in [0.05, 0.1) is 16.7 Å². The number of imide groups is 1. The van der Waals surface area contributed by atoms with E-state index in [9.17, 15) is 19.7 Å². The summed E-state index contributed by atoms with van der Waals surface area (Å²) in [5.41, 5.74) is 1.21. The van der Waals surface area contributed by atoms with E-state index in [0.29, 0.717) is 16.3 Å². The minimum absolute atomic E-state index is 0.0572. The van der Waals surface area contributed by atoms with Crippen molar-refractivity contribution in [3.05, 3.63) is 69.2 Å². The quantitative estimate of drug-likeness (QED) is 0.456. The normalized spacial score (nSPS) is 24.4. The Balaban J connectivity index is 1.79. The number of nitrogens with zero attached hydrogens (tertiary/aromatic N) is 3. The molecule has 0 bridgehead atoms. The fraction of sp³-hybridized carbons (Fsp3) is 0.222. The van der Waals surface area contributed by atoms with Crippen LogP contribution in [0.25, 0.3) is 0 Å². The van der Waals surface area contributed by atoms with Crippen LogP contribution in [0.3, 0.4) is 0 Å². The molecule has 9 heteroatoms. The predicted molar refractivity (Wildman–Crippen MR) is 95.9 cm³/mol. The molecule has 0 aromatic heterocycles. The SMILES string of the molecule is CN1C(=O)C2ON(c3ccc(Cl)cc3)C(c3ccc([N+](=O)[O-])cc3)C2C1=O. The van der Waals surface area contributed by atoms with Crippen molar-refractivity contribution in [1.82, 2.24) is 4.90 Å². The van der Waals surface area contributed by atoms with Crippen LogP contribution in [-0.4, -0.2) is 34.8 Å². The third-order valence-electron chi connectivity index (χ3n) is 4.86. The zero-order valence-electron chi connectivity index (χ0n) is 14.1. The Morgan fingerprint density at radius 2 is 1.67 bits per heavy atom. The molecule has 2 saturated heterocycles. The van der Waals surface area contributed by atoms with Crippen LogP contribution in [0.4, 0.5) is 11.4 Å². The number of halogens is 1. The maximum absolute atomic E-state index is 12.7. The highest BCUT2D eigenvalue weighted by atomic mass is 35.5. The topological polar surface area (TPSA) is 93.0 Å². The number of non-ortho nitro benzene ring substituents is 1. The van der Waals surface area contributed by atoms with Gasteiger partial charge in [0.15, 0.2) is 6.10 Å². The number of rotatable bonds is 3. The largest absolute Gasteiger partial charge is 0.283 e. The number of amides is 2. The number of likely N-dealkylation sites (tertiary alicyclic amines) is 1. The Kier molecular flexibility index (Phi) is 4.09. The molecule has 2 aliphatic heterocycles. The zero-order valence-corrected chi connectivity index (χ0v) is 14.9. The lowest BCUT2D eigenvalue weighted by molar-refractivity contribution is -0.384. The first-order chi connectivity index (χ1) is 12.9. The number of benzene rings is 2. The van der Waals surface area contributed by atoms with Crippen molar-refractivity contribution in [3.8, 4) is 0 Å². The van der Waals surface area contributed by atoms with E-state index in [-0.39, 0.29) is 11.6 Å². The van der Waals surface area contributed by atoms with Crippen LogP contribution in [0.2, 0.25) is 5.02 Å². The fourth-order valence-electron chi connectivity index (χ4n) is 3.50. The predicted octanol–water partition coefficient (Wildman–Crippen LogP) is 2.72. The average molecular weight is 388 g/mol. The summed E-state index contributed by atoms with van der Waals surface area (Å²) in [5.74, 6) is -1.49. The highest BCUT2D eigenvalue weighted by molar-refractivity contribution is 6.30. The Hall–Kier alpha value is -2.97. The molecular formula is C18H14ClN3O5. The molecule has 4 rings (SSSR count). The lowest BCUT2D eigenvalue weighted by Gasteiger charge is -2.28. The zero-order chi connectivity index (χ0) is 19.3. The molecule has 0 radical (unpaired) electrons. The second kappa shape index (κ2) is 6.33. The molecular weight excluding hydrogens is 374 g/mol. The molecule has 2 aliphatic rings. The molecule has 8 nitrogen and oxygen atoms in total. The minimum atomic E-state index is -0.932. The number of fused-ring (bicyclic) bond motifs is 1. The van der Waals surface area contributed by atoms with Gasteiger partial charge in [-0.1, -0.05) is 23.7 Å². The van der Waals surface area contributed by atoms with Crippen LogP contribution < -0.4 is 5.06 Å². The van der Waals surface area contributed by atoms with Gasteiger partial charge in [-0.2, -0.15) is 0 Å². The van der Waals surface area contributed by atoms with Crippen molar-refractivity contribution in [2.24, 2.45) is 5.92 Å². The summed E-state index contributed by atoms with van der Waals surface area (Å²) < 4.78 is 0. The van der Waals surface area contributed by atoms with Gasteiger partial charge in [0.2, 0.25) is 5.91 Å². The monoisotopic (exact) mass is 387 g/mol. The number of likely N-dealkylation sites (N-methyl/N-ethyl adjacent to an activating group) is 1. The maximum atomic E-state index is 12.7. The summed E-state index contributed by atoms with van der Waals surface area (Å²) in [6.45, 7) is 0. The van der Waals surface area contributed by atoms with E-state index in [1.165, 1.54) is 24.2 Å². The van der Waals surface area contributed by atoms with Crippen LogP contribution in [0, 0.1) is 16.0 Å². The van der Waals surface area contributed by atoms with Gasteiger partial charge >= 0.3 is 0 Å². The first-order valence-electron chi connectivity index (χ1n) is 8.16. The summed E-state index contributed by atoms with van der Waals surface area (Å²) in [6, 6.07) is 12.1. The first kappa shape index (κ1) is 17.4. The third-order valence-corrected chi connectivity index (χ3v) is 5.11. The van der Waals surface area contributed by atoms with Gasteiger partial charge in [-0.15, -0.1) is 0 Å². The van der Waals surface area contributed by atoms with E-state index in [2.05, 4.69) is 0 Å². The number of hydrogen-bond acceptors (Lipinski definition) is 6. The van der Waals surface area contributed by atoms with E-state index in [1.54, 1.807) is 36.4 Å². The Morgan fingerprint density at radius 3 is 2.26 bits per heavy atom. The van der Waals surface area contributed by atoms with Gasteiger partial charge in [0.25, 0.3) is 11.6 Å². The highest BCUT2D eigenvalue weighted by Crippen LogP contribution is 2.46. The van der Waals surface area contributed by atoms with Crippen LogP contribution in [-0.2, 0) is 14.4 Å². The van der Waals surface area contributed by atoms with Crippen molar-refractivity contribution in [3.63, 3.8) is 0 Å². The van der Waals surface area contributed by atoms with Crippen molar-refractivity contribution in [1.29, 1.82) is 0 Å². The smallest absolute Gasteiger partial charge is 0.269 e. The van der Waals surface area contributed by atoms with Gasteiger partial charge in [-0.3, -0.25) is 29.4 Å². The molecule has 2 fully saturated rings. The van der Waals surface area contributed by atoms with Crippen molar-refractivity contribution >= 4 is 34.8 Å². The number of nitro benzene ring substituents is 1. The van der Waals surface area contributed by atoms with E-state index >= 15 is 0 Å². The molecule has 2 heterocycles. The maximum Gasteiger partial charge on any atom is 0.269 e. The molecule has 2 aromatic carbocycles. The molecule has 0 spiro atoms. The minimum Gasteiger partial charge on any atom is -0.283 e. The summed E-state index contributed by atoms with van der Waals surface area (Å²) in [7, 11) is 1.42. The summed E-state index contributed by atoms with van der Waals surface area (Å²) in [5, 5.41) is 13.0. The first-order valence-corrected chi connectivity index (χ1v) is 8.53. The van der Waals surface area contributed by atoms with Crippen molar-refractivity contribution in [2.75, 3.05) is 12.1 Å². The van der Waals surface area contributed by atoms with Gasteiger partial charge in [0, 0.05) is 24.2 Å². The molecule has 2 aromatic rings. The highest BCUT2D eigenvalue weighted by Gasteiger charge is 2.58. The molecule has 3 atom stereocenters. The number of carbonyl (C=O) groups is 2. The van der Waals surface area contributed by atoms with E-state index in [0.717, 1.165) is 4.90 Å². The Bertz CT molecular complexity index is 931. The molecule has 3 unspecified atom stereocenters. The molecule has 27 heavy (non-hydrogen) atoms. The van der Waals surface area contributed by atoms with Crippen molar-refractivity contribution in [2.45, 2.75) is 12.1 Å². The molecule has 0 saturated carbocycles. The van der Waals surface area contributed by atoms with Gasteiger partial charge in [-0.05, 0) is 29.8 Å². The van der Waals surface area contributed by atoms with Gasteiger partial charge in [-0.25, -0.2) is 5.06 Å². The molecule has 138 valence electrons. The number of carbonyl (C=O) groups excluding carboxylic acids is 2. The third kappa shape index (κ3) is 2.73. The summed E-state index contributed by atoms with van der Waals surface area (Å²) >= 11 is 5.94. The van der Waals surface area contributed by atoms with Gasteiger partial charge < -0.3 is 0 Å². The number of hydroxylamine groups is 1. The Labute approximate surface area is 159 Å². The lowest BCUT2D eigenvalue weighted by Crippen LogP contribution is -2.34. The summed E-state index contributed by atoms with van der Waals surface area (Å²) in [6.07, 6.45) is -0.932. The molecule has 0 N–H and O–H groups in total. The summed E-state index contributed by atoms with van der Waals surface area (Å²) in [4.78, 5) is 42.4. The van der Waals surface area contributed by atoms with E-state index in [1.807, 2.05) is 0 Å². The second-order valence-corrected chi connectivity index (χ2v) is 6.82. The van der Waals surface area contributed by atoms with Crippen LogP contribution in [0.15, 0.2) is 48.5 Å². The molecule has 2 amide bonds. The number of hydrogen-bond donors (Lipinski definition) is 0. The molecule has 0 aliphatic carbocycles. The van der Waals surface area contributed by atoms with Gasteiger partial charge in [0.1, 0.15) is 5.92 Å². The van der Waals surface area contributed by atoms with Crippen molar-refractivity contribution < 1.29 is 19.3 Å². The fourth-order valence-corrected chi connectivity index (χ4v) is 3.62. The van der Waals surface area contributed by atoms with Crippen LogP contribution in [0.1, 0.15) is 11.6 Å². The number of anilines is 1.